The van der Waals surface area contributed by atoms with Gasteiger partial charge in [0.05, 0.1) is 29.4 Å². The predicted octanol–water partition coefficient (Wildman–Crippen LogP) is 2.26. The van der Waals surface area contributed by atoms with Crippen molar-refractivity contribution in [2.45, 2.75) is 26.7 Å². The fourth-order valence-electron chi connectivity index (χ4n) is 3.57. The number of primary amides is 1. The first-order chi connectivity index (χ1) is 16.2. The minimum atomic E-state index is -1.10. The largest absolute Gasteiger partial charge is 0.463 e. The van der Waals surface area contributed by atoms with E-state index in [0.29, 0.717) is 6.61 Å². The molecule has 0 fully saturated rings. The average Bonchev–Trinajstić information content (AvgIpc) is 2.79. The van der Waals surface area contributed by atoms with Crippen molar-refractivity contribution in [2.24, 2.45) is 16.6 Å². The Labute approximate surface area is 195 Å². The molecule has 0 radical (unpaired) electrons. The number of esters is 2. The Morgan fingerprint density at radius 2 is 1.85 bits per heavy atom. The van der Waals surface area contributed by atoms with E-state index in [-0.39, 0.29) is 48.1 Å². The van der Waals surface area contributed by atoms with Crippen molar-refractivity contribution in [3.63, 3.8) is 0 Å². The van der Waals surface area contributed by atoms with Gasteiger partial charge in [-0.25, -0.2) is 9.59 Å². The number of benzene rings is 1. The SMILES string of the molecule is CCOCCOC(=O)C1C(C)=NC(COC(N)=O)=C(C(=O)OCC)C1c1cccc([N+](=O)[O-])c1. The number of nitro groups is 1. The van der Waals surface area contributed by atoms with Gasteiger partial charge in [-0.1, -0.05) is 12.1 Å². The van der Waals surface area contributed by atoms with Crippen molar-refractivity contribution in [3.05, 3.63) is 51.2 Å². The van der Waals surface area contributed by atoms with E-state index in [0.717, 1.165) is 0 Å². The Morgan fingerprint density at radius 1 is 1.12 bits per heavy atom. The second-order valence-corrected chi connectivity index (χ2v) is 7.11. The number of non-ortho nitro benzene ring substituents is 1. The van der Waals surface area contributed by atoms with Crippen LogP contribution in [0.1, 0.15) is 32.3 Å². The van der Waals surface area contributed by atoms with E-state index in [4.69, 9.17) is 24.7 Å². The summed E-state index contributed by atoms with van der Waals surface area (Å²) < 4.78 is 20.6. The van der Waals surface area contributed by atoms with Gasteiger partial charge in [0.2, 0.25) is 0 Å². The van der Waals surface area contributed by atoms with Gasteiger partial charge in [0.1, 0.15) is 19.1 Å². The van der Waals surface area contributed by atoms with E-state index in [1.807, 2.05) is 0 Å². The maximum absolute atomic E-state index is 13.1. The number of rotatable bonds is 11. The summed E-state index contributed by atoms with van der Waals surface area (Å²) in [4.78, 5) is 52.4. The highest BCUT2D eigenvalue weighted by molar-refractivity contribution is 6.07. The van der Waals surface area contributed by atoms with Crippen LogP contribution in [0.25, 0.3) is 0 Å². The molecule has 1 aromatic carbocycles. The van der Waals surface area contributed by atoms with Gasteiger partial charge in [-0.2, -0.15) is 0 Å². The highest BCUT2D eigenvalue weighted by Gasteiger charge is 2.43. The highest BCUT2D eigenvalue weighted by Crippen LogP contribution is 2.41. The normalized spacial score (nSPS) is 17.6. The van der Waals surface area contributed by atoms with Gasteiger partial charge in [0, 0.05) is 30.4 Å². The molecular weight excluding hydrogens is 450 g/mol. The predicted molar refractivity (Wildman–Crippen MR) is 119 cm³/mol. The van der Waals surface area contributed by atoms with Gasteiger partial charge in [-0.3, -0.25) is 19.9 Å². The summed E-state index contributed by atoms with van der Waals surface area (Å²) in [7, 11) is 0. The third kappa shape index (κ3) is 6.61. The molecule has 1 aliphatic rings. The molecule has 0 spiro atoms. The molecule has 0 saturated carbocycles. The number of hydrogen-bond donors (Lipinski definition) is 1. The molecular formula is C22H27N3O9. The van der Waals surface area contributed by atoms with Crippen LogP contribution in [0.2, 0.25) is 0 Å². The smallest absolute Gasteiger partial charge is 0.404 e. The zero-order chi connectivity index (χ0) is 25.3. The van der Waals surface area contributed by atoms with Crippen LogP contribution >= 0.6 is 0 Å². The van der Waals surface area contributed by atoms with Crippen LogP contribution < -0.4 is 5.73 Å². The van der Waals surface area contributed by atoms with Crippen LogP contribution in [0.5, 0.6) is 0 Å². The standard InChI is InChI=1S/C22H27N3O9/c1-4-31-9-10-33-20(26)17-13(3)24-16(12-34-22(23)28)19(21(27)32-5-2)18(17)14-7-6-8-15(11-14)25(29)30/h6-8,11,17-18H,4-5,9-10,12H2,1-3H3,(H2,23,28). The molecule has 2 atom stereocenters. The summed E-state index contributed by atoms with van der Waals surface area (Å²) >= 11 is 0. The average molecular weight is 477 g/mol. The molecule has 184 valence electrons. The number of ether oxygens (including phenoxy) is 4. The fraction of sp³-hybridized carbons (Fsp3) is 0.455. The molecule has 1 aromatic rings. The second kappa shape index (κ2) is 12.4. The lowest BCUT2D eigenvalue weighted by molar-refractivity contribution is -0.384. The first-order valence-electron chi connectivity index (χ1n) is 10.6. The molecule has 2 rings (SSSR count). The number of carbonyl (C=O) groups is 3. The molecule has 1 heterocycles. The molecule has 2 N–H and O–H groups in total. The third-order valence-electron chi connectivity index (χ3n) is 4.93. The fourth-order valence-corrected chi connectivity index (χ4v) is 3.57. The van der Waals surface area contributed by atoms with Crippen molar-refractivity contribution in [1.29, 1.82) is 0 Å². The van der Waals surface area contributed by atoms with E-state index in [9.17, 15) is 24.5 Å². The highest BCUT2D eigenvalue weighted by atomic mass is 16.6. The third-order valence-corrected chi connectivity index (χ3v) is 4.93. The number of nitrogens with zero attached hydrogens (tertiary/aromatic N) is 2. The van der Waals surface area contributed by atoms with Crippen LogP contribution in [-0.4, -0.2) is 61.7 Å². The molecule has 1 aliphatic heterocycles. The lowest BCUT2D eigenvalue weighted by Gasteiger charge is -2.32. The molecule has 34 heavy (non-hydrogen) atoms. The van der Waals surface area contributed by atoms with Gasteiger partial charge >= 0.3 is 18.0 Å². The number of nitrogens with two attached hydrogens (primary N) is 1. The number of nitro benzene ring substituents is 1. The van der Waals surface area contributed by atoms with E-state index >= 15 is 0 Å². The van der Waals surface area contributed by atoms with E-state index in [1.54, 1.807) is 26.8 Å². The molecule has 1 amide bonds. The molecule has 2 unspecified atom stereocenters. The van der Waals surface area contributed by atoms with Gasteiger partial charge in [0.25, 0.3) is 5.69 Å². The van der Waals surface area contributed by atoms with E-state index < -0.39 is 41.4 Å². The minimum absolute atomic E-state index is 0.0140. The van der Waals surface area contributed by atoms with E-state index in [2.05, 4.69) is 4.99 Å². The summed E-state index contributed by atoms with van der Waals surface area (Å²) in [5.74, 6) is -3.66. The van der Waals surface area contributed by atoms with Crippen LogP contribution in [0.15, 0.2) is 40.5 Å². The van der Waals surface area contributed by atoms with Crippen LogP contribution in [-0.2, 0) is 28.5 Å². The second-order valence-electron chi connectivity index (χ2n) is 7.11. The van der Waals surface area contributed by atoms with Crippen molar-refractivity contribution < 1.29 is 38.3 Å². The lowest BCUT2D eigenvalue weighted by atomic mass is 9.75. The number of carbonyl (C=O) groups excluding carboxylic acids is 3. The van der Waals surface area contributed by atoms with Gasteiger partial charge < -0.3 is 24.7 Å². The Bertz CT molecular complexity index is 1000. The van der Waals surface area contributed by atoms with Crippen molar-refractivity contribution in [1.82, 2.24) is 0 Å². The Morgan fingerprint density at radius 3 is 2.47 bits per heavy atom. The zero-order valence-electron chi connectivity index (χ0n) is 19.1. The molecule has 12 nitrogen and oxygen atoms in total. The van der Waals surface area contributed by atoms with Crippen molar-refractivity contribution in [2.75, 3.05) is 33.0 Å². The Balaban J connectivity index is 2.63. The van der Waals surface area contributed by atoms with Crippen molar-refractivity contribution in [3.8, 4) is 0 Å². The Kier molecular flexibility index (Phi) is 9.68. The lowest BCUT2D eigenvalue weighted by Crippen LogP contribution is -2.38. The maximum atomic E-state index is 13.1. The van der Waals surface area contributed by atoms with Crippen LogP contribution in [0.3, 0.4) is 0 Å². The summed E-state index contributed by atoms with van der Waals surface area (Å²) in [5, 5.41) is 11.4. The molecule has 12 heteroatoms. The Hall–Kier alpha value is -3.80. The minimum Gasteiger partial charge on any atom is -0.463 e. The first-order valence-corrected chi connectivity index (χ1v) is 10.6. The maximum Gasteiger partial charge on any atom is 0.404 e. The van der Waals surface area contributed by atoms with Crippen LogP contribution in [0, 0.1) is 16.0 Å². The van der Waals surface area contributed by atoms with Gasteiger partial charge in [-0.15, -0.1) is 0 Å². The molecule has 0 aromatic heterocycles. The topological polar surface area (TPSA) is 170 Å². The summed E-state index contributed by atoms with van der Waals surface area (Å²) in [6.45, 7) is 5.07. The summed E-state index contributed by atoms with van der Waals surface area (Å²) in [6.07, 6.45) is -1.09. The van der Waals surface area contributed by atoms with Crippen LogP contribution in [0.4, 0.5) is 10.5 Å². The number of aliphatic imine (C=N–C) groups is 1. The number of amides is 1. The van der Waals surface area contributed by atoms with Crippen molar-refractivity contribution >= 4 is 29.4 Å². The number of hydrogen-bond acceptors (Lipinski definition) is 10. The van der Waals surface area contributed by atoms with Gasteiger partial charge in [0.15, 0.2) is 0 Å². The first kappa shape index (κ1) is 26.5. The molecule has 0 bridgehead atoms. The molecule has 0 saturated heterocycles. The summed E-state index contributed by atoms with van der Waals surface area (Å²) in [5.41, 5.74) is 5.31. The van der Waals surface area contributed by atoms with Gasteiger partial charge in [-0.05, 0) is 26.3 Å². The monoisotopic (exact) mass is 477 g/mol. The zero-order valence-corrected chi connectivity index (χ0v) is 19.1. The quantitative estimate of drug-likeness (QED) is 0.165. The van der Waals surface area contributed by atoms with E-state index in [1.165, 1.54) is 18.2 Å². The molecule has 0 aliphatic carbocycles. The summed E-state index contributed by atoms with van der Waals surface area (Å²) in [6, 6.07) is 5.53.